The van der Waals surface area contributed by atoms with Crippen molar-refractivity contribution in [3.63, 3.8) is 0 Å². The first kappa shape index (κ1) is 24.3. The number of carbonyl (C=O) groups excluding carboxylic acids is 4. The molecule has 1 aliphatic rings. The van der Waals surface area contributed by atoms with Gasteiger partial charge in [0.05, 0.1) is 13.2 Å². The highest BCUT2D eigenvalue weighted by Crippen LogP contribution is 2.26. The predicted octanol–water partition coefficient (Wildman–Crippen LogP) is 2.80. The molecule has 1 fully saturated rings. The Labute approximate surface area is 197 Å². The van der Waals surface area contributed by atoms with E-state index >= 15 is 0 Å². The minimum atomic E-state index is -0.821. The predicted molar refractivity (Wildman–Crippen MR) is 130 cm³/mol. The number of hydrogen-bond donors (Lipinski definition) is 4. The molecule has 0 radical (unpaired) electrons. The molecule has 0 bridgehead atoms. The molecule has 2 heterocycles. The molecule has 3 amide bonds. The van der Waals surface area contributed by atoms with Crippen molar-refractivity contribution in [1.29, 1.82) is 0 Å². The van der Waals surface area contributed by atoms with Crippen molar-refractivity contribution in [2.24, 2.45) is 5.92 Å². The molecule has 3 rings (SSSR count). The van der Waals surface area contributed by atoms with E-state index in [0.29, 0.717) is 30.8 Å². The summed E-state index contributed by atoms with van der Waals surface area (Å²) in [6.07, 6.45) is 2.39. The van der Waals surface area contributed by atoms with E-state index in [1.54, 1.807) is 33.1 Å². The second-order valence-electron chi connectivity index (χ2n) is 8.29. The maximum absolute atomic E-state index is 13.0. The van der Waals surface area contributed by atoms with Crippen LogP contribution in [0.3, 0.4) is 0 Å². The summed E-state index contributed by atoms with van der Waals surface area (Å²) in [5.41, 5.74) is 1.05. The quantitative estimate of drug-likeness (QED) is 0.431. The van der Waals surface area contributed by atoms with Gasteiger partial charge >= 0.3 is 0 Å². The maximum Gasteiger partial charge on any atom is 0.268 e. The van der Waals surface area contributed by atoms with E-state index in [4.69, 9.17) is 4.74 Å². The number of ether oxygens (including phenoxy) is 1. The van der Waals surface area contributed by atoms with Gasteiger partial charge in [-0.25, -0.2) is 0 Å². The maximum atomic E-state index is 13.0. The van der Waals surface area contributed by atoms with E-state index < -0.39 is 23.9 Å². The highest BCUT2D eigenvalue weighted by atomic mass is 16.5. The molecule has 184 valence electrons. The van der Waals surface area contributed by atoms with Crippen molar-refractivity contribution in [3.8, 4) is 5.75 Å². The smallest absolute Gasteiger partial charge is 0.268 e. The fraction of sp³-hybridized carbons (Fsp3) is 0.500. The lowest BCUT2D eigenvalue weighted by molar-refractivity contribution is -0.131. The van der Waals surface area contributed by atoms with Crippen LogP contribution in [-0.4, -0.2) is 54.2 Å². The average molecular weight is 463 g/mol. The molecule has 9 heteroatoms. The van der Waals surface area contributed by atoms with Crippen molar-refractivity contribution in [3.05, 3.63) is 30.0 Å². The largest absolute Gasteiger partial charge is 0.496 e. The molecule has 3 atom stereocenters. The van der Waals surface area contributed by atoms with Crippen molar-refractivity contribution in [1.82, 2.24) is 20.9 Å². The van der Waals surface area contributed by atoms with Gasteiger partial charge in [0.15, 0.2) is 5.78 Å². The van der Waals surface area contributed by atoms with Crippen LogP contribution in [0.2, 0.25) is 0 Å². The van der Waals surface area contributed by atoms with Crippen LogP contribution in [0, 0.1) is 5.92 Å². The molecule has 2 aromatic rings. The number of amides is 3. The number of piperidine rings is 1. The van der Waals surface area contributed by atoms with E-state index in [1.807, 2.05) is 12.1 Å². The number of fused-ring (bicyclic) bond motifs is 1. The normalized spacial score (nSPS) is 17.7. The first-order valence-electron chi connectivity index (χ1n) is 11.4. The number of ketones is 1. The highest BCUT2D eigenvalue weighted by molar-refractivity contribution is 6.02. The third-order valence-corrected chi connectivity index (χ3v) is 6.09. The zero-order valence-corrected chi connectivity index (χ0v) is 19.3. The van der Waals surface area contributed by atoms with Crippen LogP contribution < -0.4 is 20.7 Å². The second-order valence-corrected chi connectivity index (χ2v) is 8.29. The minimum absolute atomic E-state index is 0. The van der Waals surface area contributed by atoms with Crippen molar-refractivity contribution in [2.75, 3.05) is 13.7 Å². The average Bonchev–Trinajstić information content (AvgIpc) is 3.27. The molecule has 1 saturated heterocycles. The van der Waals surface area contributed by atoms with Gasteiger partial charge in [-0.15, -0.1) is 0 Å². The number of hydrogen-bond acceptors (Lipinski definition) is 5. The Morgan fingerprint density at radius 1 is 1.21 bits per heavy atom. The number of H-pyrrole nitrogens is 1. The SMILES string of the molecule is CCC(=O)[C@H](C[C@@H]1CCCNC1=O)NC(=O)[C@H](CC)NC(=O)c1cc2c(OC)cccc2[nH]1.[HH].[HH].[HH]. The molecular formula is C24H38N4O5. The Morgan fingerprint density at radius 2 is 2.00 bits per heavy atom. The molecule has 33 heavy (non-hydrogen) atoms. The first-order valence-corrected chi connectivity index (χ1v) is 11.4. The lowest BCUT2D eigenvalue weighted by atomic mass is 9.89. The van der Waals surface area contributed by atoms with Gasteiger partial charge in [-0.3, -0.25) is 19.2 Å². The van der Waals surface area contributed by atoms with Gasteiger partial charge in [-0.2, -0.15) is 0 Å². The fourth-order valence-electron chi connectivity index (χ4n) is 4.15. The summed E-state index contributed by atoms with van der Waals surface area (Å²) in [5, 5.41) is 9.10. The van der Waals surface area contributed by atoms with Gasteiger partial charge in [0.2, 0.25) is 11.8 Å². The van der Waals surface area contributed by atoms with Crippen molar-refractivity contribution < 1.29 is 28.2 Å². The summed E-state index contributed by atoms with van der Waals surface area (Å²) in [6.45, 7) is 4.15. The van der Waals surface area contributed by atoms with Crippen LogP contribution in [0.25, 0.3) is 10.9 Å². The molecule has 0 spiro atoms. The number of nitrogens with one attached hydrogen (secondary N) is 4. The zero-order valence-electron chi connectivity index (χ0n) is 19.3. The summed E-state index contributed by atoms with van der Waals surface area (Å²) in [5.74, 6) is -0.761. The number of carbonyl (C=O) groups is 4. The van der Waals surface area contributed by atoms with Crippen LogP contribution in [0.5, 0.6) is 5.75 Å². The number of aromatic nitrogens is 1. The number of benzene rings is 1. The summed E-state index contributed by atoms with van der Waals surface area (Å²) in [6, 6.07) is 5.55. The van der Waals surface area contributed by atoms with E-state index in [9.17, 15) is 19.2 Å². The first-order chi connectivity index (χ1) is 15.9. The molecule has 0 unspecified atom stereocenters. The van der Waals surface area contributed by atoms with E-state index in [2.05, 4.69) is 20.9 Å². The lowest BCUT2D eigenvalue weighted by Gasteiger charge is -2.27. The Hall–Kier alpha value is -3.36. The van der Waals surface area contributed by atoms with Gasteiger partial charge < -0.3 is 25.7 Å². The Bertz CT molecular complexity index is 1050. The number of aromatic amines is 1. The van der Waals surface area contributed by atoms with Crippen LogP contribution >= 0.6 is 0 Å². The van der Waals surface area contributed by atoms with Crippen LogP contribution in [0.15, 0.2) is 24.3 Å². The number of methoxy groups -OCH3 is 1. The zero-order chi connectivity index (χ0) is 24.0. The van der Waals surface area contributed by atoms with Crippen LogP contribution in [-0.2, 0) is 14.4 Å². The summed E-state index contributed by atoms with van der Waals surface area (Å²) in [7, 11) is 1.56. The third kappa shape index (κ3) is 5.71. The molecule has 0 saturated carbocycles. The van der Waals surface area contributed by atoms with Gasteiger partial charge in [0.1, 0.15) is 17.5 Å². The van der Waals surface area contributed by atoms with E-state index in [-0.39, 0.29) is 34.7 Å². The van der Waals surface area contributed by atoms with E-state index in [0.717, 1.165) is 17.3 Å². The fourth-order valence-corrected chi connectivity index (χ4v) is 4.15. The Kier molecular flexibility index (Phi) is 8.08. The van der Waals surface area contributed by atoms with E-state index in [1.165, 1.54) is 0 Å². The van der Waals surface area contributed by atoms with Gasteiger partial charge in [0, 0.05) is 34.1 Å². The number of rotatable bonds is 10. The van der Waals surface area contributed by atoms with Crippen LogP contribution in [0.4, 0.5) is 0 Å². The molecule has 0 aliphatic carbocycles. The highest BCUT2D eigenvalue weighted by Gasteiger charge is 2.31. The molecule has 1 aromatic carbocycles. The lowest BCUT2D eigenvalue weighted by Crippen LogP contribution is -2.52. The van der Waals surface area contributed by atoms with Gasteiger partial charge in [0.25, 0.3) is 5.91 Å². The standard InChI is InChI=1S/C24H32N4O5.3H2/c1-4-16(27-24(32)19-13-15-17(26-19)9-6-10-21(15)33-3)23(31)28-18(20(29)5-2)12-14-8-7-11-25-22(14)30;;;/h6,9-10,13-14,16,18,26H,4-5,7-8,11-12H2,1-3H3,(H,25,30)(H,27,32)(H,28,31);3*1H/t14-,16-,18-;;;/m0.../s1. The van der Waals surface area contributed by atoms with Crippen molar-refractivity contribution >= 4 is 34.4 Å². The summed E-state index contributed by atoms with van der Waals surface area (Å²) in [4.78, 5) is 53.5. The topological polar surface area (TPSA) is 129 Å². The number of Topliss-reactive ketones (excluding diaryl/α,β-unsaturated/α-hetero) is 1. The van der Waals surface area contributed by atoms with Crippen molar-refractivity contribution in [2.45, 2.75) is 58.0 Å². The summed E-state index contributed by atoms with van der Waals surface area (Å²) >= 11 is 0. The van der Waals surface area contributed by atoms with Gasteiger partial charge in [-0.1, -0.05) is 19.9 Å². The molecule has 1 aromatic heterocycles. The molecule has 4 N–H and O–H groups in total. The minimum Gasteiger partial charge on any atom is -0.496 e. The molecule has 1 aliphatic heterocycles. The Morgan fingerprint density at radius 3 is 2.67 bits per heavy atom. The van der Waals surface area contributed by atoms with Gasteiger partial charge in [-0.05, 0) is 43.9 Å². The Balaban J connectivity index is 0.00000408. The molecule has 9 nitrogen and oxygen atoms in total. The molecular weight excluding hydrogens is 424 g/mol. The third-order valence-electron chi connectivity index (χ3n) is 6.09. The second kappa shape index (κ2) is 11.0. The van der Waals surface area contributed by atoms with Crippen LogP contribution in [0.1, 0.15) is 60.7 Å². The monoisotopic (exact) mass is 462 g/mol. The summed E-state index contributed by atoms with van der Waals surface area (Å²) < 4.78 is 5.33.